The van der Waals surface area contributed by atoms with E-state index >= 15 is 0 Å². The number of aliphatic imine (C=N–C) groups is 1. The Labute approximate surface area is 165 Å². The highest BCUT2D eigenvalue weighted by Crippen LogP contribution is 2.20. The van der Waals surface area contributed by atoms with Crippen LogP contribution in [0.15, 0.2) is 4.99 Å². The quantitative estimate of drug-likeness (QED) is 0.363. The topological polar surface area (TPSA) is 42.9 Å². The number of likely N-dealkylation sites (N-methyl/N-ethyl adjacent to an activating group) is 1. The fourth-order valence-electron chi connectivity index (χ4n) is 3.66. The van der Waals surface area contributed by atoms with Gasteiger partial charge in [0.15, 0.2) is 5.96 Å². The number of alkyl halides is 3. The number of guanidine groups is 1. The van der Waals surface area contributed by atoms with Crippen LogP contribution in [0.3, 0.4) is 0 Å². The second-order valence-corrected chi connectivity index (χ2v) is 6.71. The molecule has 2 fully saturated rings. The van der Waals surface area contributed by atoms with Gasteiger partial charge in [0.1, 0.15) is 0 Å². The Kier molecular flexibility index (Phi) is 9.79. The minimum absolute atomic E-state index is 0. The van der Waals surface area contributed by atoms with Crippen molar-refractivity contribution in [1.82, 2.24) is 20.4 Å². The maximum absolute atomic E-state index is 12.5. The molecule has 0 aromatic heterocycles. The molecule has 2 N–H and O–H groups in total. The Morgan fingerprint density at radius 1 is 1.20 bits per heavy atom. The molecule has 0 bridgehead atoms. The van der Waals surface area contributed by atoms with Crippen LogP contribution >= 0.6 is 24.0 Å². The van der Waals surface area contributed by atoms with Crippen LogP contribution in [0.1, 0.15) is 32.6 Å². The molecule has 5 nitrogen and oxygen atoms in total. The monoisotopic (exact) mass is 477 g/mol. The Morgan fingerprint density at radius 3 is 2.60 bits per heavy atom. The zero-order valence-electron chi connectivity index (χ0n) is 15.1. The van der Waals surface area contributed by atoms with E-state index in [9.17, 15) is 13.2 Å². The lowest BCUT2D eigenvalue weighted by molar-refractivity contribution is -0.143. The van der Waals surface area contributed by atoms with Gasteiger partial charge in [-0.05, 0) is 32.4 Å². The highest BCUT2D eigenvalue weighted by atomic mass is 127. The standard InChI is InChI=1S/C16H30F3N5.HI/c1-3-24-8-5-4-6-14(24)10-21-15(20-2)22-13-7-9-23(11-13)12-16(17,18)19;/h13-14H,3-12H2,1-2H3,(H2,20,21,22);1H. The Morgan fingerprint density at radius 2 is 1.96 bits per heavy atom. The van der Waals surface area contributed by atoms with Gasteiger partial charge in [-0.15, -0.1) is 24.0 Å². The van der Waals surface area contributed by atoms with E-state index in [1.807, 2.05) is 0 Å². The van der Waals surface area contributed by atoms with Crippen LogP contribution in [0, 0.1) is 0 Å². The highest BCUT2D eigenvalue weighted by Gasteiger charge is 2.34. The van der Waals surface area contributed by atoms with E-state index in [1.165, 1.54) is 24.2 Å². The van der Waals surface area contributed by atoms with Crippen molar-refractivity contribution in [3.05, 3.63) is 0 Å². The first kappa shape index (κ1) is 22.8. The summed E-state index contributed by atoms with van der Waals surface area (Å²) >= 11 is 0. The van der Waals surface area contributed by atoms with Crippen LogP contribution in [-0.4, -0.2) is 80.3 Å². The Bertz CT molecular complexity index is 419. The van der Waals surface area contributed by atoms with E-state index in [2.05, 4.69) is 27.4 Å². The third-order valence-electron chi connectivity index (χ3n) is 4.90. The van der Waals surface area contributed by atoms with Gasteiger partial charge in [-0.3, -0.25) is 14.8 Å². The summed E-state index contributed by atoms with van der Waals surface area (Å²) in [4.78, 5) is 8.15. The van der Waals surface area contributed by atoms with E-state index in [-0.39, 0.29) is 30.0 Å². The van der Waals surface area contributed by atoms with Gasteiger partial charge in [0.05, 0.1) is 6.54 Å². The molecule has 0 radical (unpaired) electrons. The van der Waals surface area contributed by atoms with Gasteiger partial charge < -0.3 is 10.6 Å². The summed E-state index contributed by atoms with van der Waals surface area (Å²) in [5.41, 5.74) is 0. The van der Waals surface area contributed by atoms with Gasteiger partial charge in [0.25, 0.3) is 0 Å². The summed E-state index contributed by atoms with van der Waals surface area (Å²) in [6, 6.07) is 0.528. The SMILES string of the molecule is CCN1CCCCC1CNC(=NC)NC1CCN(CC(F)(F)F)C1.I. The molecular formula is C16H31F3IN5. The summed E-state index contributed by atoms with van der Waals surface area (Å²) < 4.78 is 37.4. The van der Waals surface area contributed by atoms with Crippen molar-refractivity contribution in [3.63, 3.8) is 0 Å². The van der Waals surface area contributed by atoms with Crippen LogP contribution in [0.5, 0.6) is 0 Å². The van der Waals surface area contributed by atoms with Gasteiger partial charge in [-0.1, -0.05) is 13.3 Å². The Balaban J connectivity index is 0.00000312. The maximum atomic E-state index is 12.5. The number of piperidine rings is 1. The van der Waals surface area contributed by atoms with Crippen molar-refractivity contribution in [2.24, 2.45) is 4.99 Å². The largest absolute Gasteiger partial charge is 0.401 e. The Hall–Kier alpha value is -0.290. The van der Waals surface area contributed by atoms with Crippen molar-refractivity contribution in [2.75, 3.05) is 46.3 Å². The van der Waals surface area contributed by atoms with Gasteiger partial charge >= 0.3 is 6.18 Å². The summed E-state index contributed by atoms with van der Waals surface area (Å²) in [5, 5.41) is 6.62. The normalized spacial score (nSPS) is 26.4. The number of likely N-dealkylation sites (tertiary alicyclic amines) is 2. The fourth-order valence-corrected chi connectivity index (χ4v) is 3.66. The third-order valence-corrected chi connectivity index (χ3v) is 4.90. The van der Waals surface area contributed by atoms with Crippen LogP contribution < -0.4 is 10.6 Å². The third kappa shape index (κ3) is 7.86. The van der Waals surface area contributed by atoms with E-state index in [0.717, 1.165) is 19.6 Å². The van der Waals surface area contributed by atoms with E-state index < -0.39 is 12.7 Å². The molecular weight excluding hydrogens is 446 g/mol. The number of hydrogen-bond acceptors (Lipinski definition) is 3. The summed E-state index contributed by atoms with van der Waals surface area (Å²) in [6.45, 7) is 5.25. The predicted octanol–water partition coefficient (Wildman–Crippen LogP) is 2.28. The predicted molar refractivity (Wildman–Crippen MR) is 106 cm³/mol. The van der Waals surface area contributed by atoms with Crippen molar-refractivity contribution in [1.29, 1.82) is 0 Å². The minimum Gasteiger partial charge on any atom is -0.355 e. The molecule has 2 heterocycles. The smallest absolute Gasteiger partial charge is 0.355 e. The molecule has 148 valence electrons. The van der Waals surface area contributed by atoms with Crippen LogP contribution in [0.2, 0.25) is 0 Å². The molecule has 0 aromatic rings. The van der Waals surface area contributed by atoms with E-state index in [0.29, 0.717) is 31.5 Å². The molecule has 0 spiro atoms. The molecule has 0 aliphatic carbocycles. The van der Waals surface area contributed by atoms with E-state index in [1.54, 1.807) is 7.05 Å². The summed E-state index contributed by atoms with van der Waals surface area (Å²) in [7, 11) is 1.70. The first-order valence-corrected chi connectivity index (χ1v) is 8.91. The first-order chi connectivity index (χ1) is 11.4. The second kappa shape index (κ2) is 10.8. The van der Waals surface area contributed by atoms with Gasteiger partial charge in [-0.25, -0.2) is 0 Å². The van der Waals surface area contributed by atoms with Crippen molar-refractivity contribution in [2.45, 2.75) is 50.9 Å². The van der Waals surface area contributed by atoms with Gasteiger partial charge in [0, 0.05) is 38.8 Å². The molecule has 0 saturated carbocycles. The van der Waals surface area contributed by atoms with Gasteiger partial charge in [-0.2, -0.15) is 13.2 Å². The average molecular weight is 477 g/mol. The molecule has 2 aliphatic rings. The minimum atomic E-state index is -4.13. The lowest BCUT2D eigenvalue weighted by Crippen LogP contribution is -2.51. The number of hydrogen-bond donors (Lipinski definition) is 2. The lowest BCUT2D eigenvalue weighted by atomic mass is 10.0. The maximum Gasteiger partial charge on any atom is 0.401 e. The van der Waals surface area contributed by atoms with Gasteiger partial charge in [0.2, 0.25) is 0 Å². The average Bonchev–Trinajstić information content (AvgIpc) is 2.96. The molecule has 9 heteroatoms. The molecule has 0 aromatic carbocycles. The number of nitrogens with zero attached hydrogens (tertiary/aromatic N) is 3. The fraction of sp³-hybridized carbons (Fsp3) is 0.938. The number of nitrogens with one attached hydrogen (secondary N) is 2. The van der Waals surface area contributed by atoms with Crippen LogP contribution in [0.4, 0.5) is 13.2 Å². The van der Waals surface area contributed by atoms with Crippen LogP contribution in [-0.2, 0) is 0 Å². The zero-order chi connectivity index (χ0) is 17.6. The summed E-state index contributed by atoms with van der Waals surface area (Å²) in [6.07, 6.45) is 0.277. The molecule has 2 saturated heterocycles. The van der Waals surface area contributed by atoms with Crippen molar-refractivity contribution in [3.8, 4) is 0 Å². The number of halogens is 4. The zero-order valence-corrected chi connectivity index (χ0v) is 17.4. The van der Waals surface area contributed by atoms with Crippen molar-refractivity contribution < 1.29 is 13.2 Å². The number of rotatable bonds is 5. The second-order valence-electron chi connectivity index (χ2n) is 6.71. The highest BCUT2D eigenvalue weighted by molar-refractivity contribution is 14.0. The molecule has 0 amide bonds. The van der Waals surface area contributed by atoms with E-state index in [4.69, 9.17) is 0 Å². The molecule has 2 aliphatic heterocycles. The molecule has 2 rings (SSSR count). The molecule has 2 atom stereocenters. The lowest BCUT2D eigenvalue weighted by Gasteiger charge is -2.35. The first-order valence-electron chi connectivity index (χ1n) is 8.91. The van der Waals surface area contributed by atoms with Crippen molar-refractivity contribution >= 4 is 29.9 Å². The summed E-state index contributed by atoms with van der Waals surface area (Å²) in [5.74, 6) is 0.690. The van der Waals surface area contributed by atoms with Crippen LogP contribution in [0.25, 0.3) is 0 Å². The molecule has 2 unspecified atom stereocenters. The molecule has 25 heavy (non-hydrogen) atoms.